The molecule has 0 bridgehead atoms. The van der Waals surface area contributed by atoms with E-state index < -0.39 is 21.6 Å². The molecule has 3 aromatic rings. The van der Waals surface area contributed by atoms with Crippen LogP contribution >= 0.6 is 0 Å². The van der Waals surface area contributed by atoms with E-state index in [1.807, 2.05) is 6.92 Å². The van der Waals surface area contributed by atoms with Gasteiger partial charge in [-0.1, -0.05) is 17.7 Å². The van der Waals surface area contributed by atoms with E-state index in [9.17, 15) is 17.6 Å². The summed E-state index contributed by atoms with van der Waals surface area (Å²) in [5.74, 6) is -0.927. The summed E-state index contributed by atoms with van der Waals surface area (Å²) in [4.78, 5) is 13.0. The molecule has 2 aromatic carbocycles. The summed E-state index contributed by atoms with van der Waals surface area (Å²) < 4.78 is 40.5. The van der Waals surface area contributed by atoms with Crippen molar-refractivity contribution in [1.29, 1.82) is 0 Å². The Morgan fingerprint density at radius 2 is 1.50 bits per heavy atom. The highest BCUT2D eigenvalue weighted by Crippen LogP contribution is 2.25. The Morgan fingerprint density at radius 3 is 2.08 bits per heavy atom. The second-order valence-corrected chi connectivity index (χ2v) is 8.02. The molecule has 1 aromatic heterocycles. The van der Waals surface area contributed by atoms with Crippen LogP contribution in [0.4, 0.5) is 4.39 Å². The van der Waals surface area contributed by atoms with Gasteiger partial charge in [-0.3, -0.25) is 4.79 Å². The summed E-state index contributed by atoms with van der Waals surface area (Å²) in [7, 11) is -3.94. The average molecular weight is 371 g/mol. The van der Waals surface area contributed by atoms with E-state index in [4.69, 9.17) is 0 Å². The minimum absolute atomic E-state index is 0.0645. The van der Waals surface area contributed by atoms with Gasteiger partial charge in [0.1, 0.15) is 11.5 Å². The second-order valence-electron chi connectivity index (χ2n) is 6.24. The lowest BCUT2D eigenvalue weighted by atomic mass is 10.1. The van der Waals surface area contributed by atoms with Crippen LogP contribution in [0, 0.1) is 26.6 Å². The van der Waals surface area contributed by atoms with E-state index in [1.165, 1.54) is 36.4 Å². The standard InChI is InChI=1S/C20H18FNO3S/c1-13-4-10-18(11-5-13)26(24,25)22-15(3)12-14(2)19(22)20(23)16-6-8-17(21)9-7-16/h4-12H,1-3H3. The third kappa shape index (κ3) is 3.08. The monoisotopic (exact) mass is 371 g/mol. The third-order valence-electron chi connectivity index (χ3n) is 4.20. The lowest BCUT2D eigenvalue weighted by Crippen LogP contribution is -2.21. The number of benzene rings is 2. The SMILES string of the molecule is Cc1ccc(S(=O)(=O)n2c(C)cc(C)c2C(=O)c2ccc(F)cc2)cc1. The first-order valence-corrected chi connectivity index (χ1v) is 9.47. The van der Waals surface area contributed by atoms with E-state index in [0.29, 0.717) is 11.3 Å². The van der Waals surface area contributed by atoms with Gasteiger partial charge in [0.2, 0.25) is 5.78 Å². The topological polar surface area (TPSA) is 56.1 Å². The summed E-state index contributed by atoms with van der Waals surface area (Å²) in [6.45, 7) is 5.19. The van der Waals surface area contributed by atoms with Crippen LogP contribution in [0.15, 0.2) is 59.5 Å². The molecule has 0 amide bonds. The van der Waals surface area contributed by atoms with Crippen LogP contribution < -0.4 is 0 Å². The molecule has 0 atom stereocenters. The number of aryl methyl sites for hydroxylation is 3. The third-order valence-corrected chi connectivity index (χ3v) is 6.02. The van der Waals surface area contributed by atoms with Gasteiger partial charge in [0.15, 0.2) is 0 Å². The van der Waals surface area contributed by atoms with Crippen molar-refractivity contribution in [2.24, 2.45) is 0 Å². The zero-order chi connectivity index (χ0) is 19.1. The predicted molar refractivity (Wildman–Crippen MR) is 97.5 cm³/mol. The lowest BCUT2D eigenvalue weighted by molar-refractivity contribution is 0.103. The molecule has 6 heteroatoms. The van der Waals surface area contributed by atoms with Gasteiger partial charge in [-0.25, -0.2) is 16.8 Å². The van der Waals surface area contributed by atoms with Crippen LogP contribution in [-0.4, -0.2) is 18.2 Å². The fourth-order valence-corrected chi connectivity index (χ4v) is 4.50. The summed E-state index contributed by atoms with van der Waals surface area (Å²) in [6.07, 6.45) is 0. The quantitative estimate of drug-likeness (QED) is 0.651. The number of hydrogen-bond donors (Lipinski definition) is 0. The number of carbonyl (C=O) groups is 1. The average Bonchev–Trinajstić information content (AvgIpc) is 2.90. The molecule has 0 aliphatic rings. The van der Waals surface area contributed by atoms with Gasteiger partial charge in [-0.2, -0.15) is 0 Å². The van der Waals surface area contributed by atoms with Crippen molar-refractivity contribution >= 4 is 15.8 Å². The molecule has 0 aliphatic carbocycles. The van der Waals surface area contributed by atoms with Gasteiger partial charge >= 0.3 is 0 Å². The fraction of sp³-hybridized carbons (Fsp3) is 0.150. The maximum Gasteiger partial charge on any atom is 0.268 e. The number of halogens is 1. The lowest BCUT2D eigenvalue weighted by Gasteiger charge is -2.13. The van der Waals surface area contributed by atoms with Gasteiger partial charge in [0, 0.05) is 11.3 Å². The van der Waals surface area contributed by atoms with Crippen molar-refractivity contribution in [1.82, 2.24) is 3.97 Å². The molecule has 0 saturated heterocycles. The van der Waals surface area contributed by atoms with Crippen molar-refractivity contribution < 1.29 is 17.6 Å². The molecule has 4 nitrogen and oxygen atoms in total. The highest BCUT2D eigenvalue weighted by Gasteiger charge is 2.27. The number of nitrogens with zero attached hydrogens (tertiary/aromatic N) is 1. The maximum atomic E-state index is 13.1. The summed E-state index contributed by atoms with van der Waals surface area (Å²) in [6, 6.07) is 13.2. The van der Waals surface area contributed by atoms with Gasteiger partial charge in [0.25, 0.3) is 10.0 Å². The molecule has 0 aliphatic heterocycles. The second kappa shape index (κ2) is 6.53. The smallest absolute Gasteiger partial charge is 0.268 e. The van der Waals surface area contributed by atoms with Crippen LogP contribution in [0.25, 0.3) is 0 Å². The molecule has 134 valence electrons. The molecule has 0 unspecified atom stereocenters. The van der Waals surface area contributed by atoms with Crippen LogP contribution in [0.3, 0.4) is 0 Å². The molecular weight excluding hydrogens is 353 g/mol. The molecule has 0 spiro atoms. The molecule has 0 N–H and O–H groups in total. The number of carbonyl (C=O) groups excluding carboxylic acids is 1. The number of hydrogen-bond acceptors (Lipinski definition) is 3. The first-order chi connectivity index (χ1) is 12.2. The minimum Gasteiger partial charge on any atom is -0.287 e. The van der Waals surface area contributed by atoms with Crippen LogP contribution in [0.5, 0.6) is 0 Å². The van der Waals surface area contributed by atoms with Crippen LogP contribution in [0.2, 0.25) is 0 Å². The minimum atomic E-state index is -3.94. The molecule has 1 heterocycles. The van der Waals surface area contributed by atoms with Crippen molar-refractivity contribution in [2.45, 2.75) is 25.7 Å². The van der Waals surface area contributed by atoms with Crippen molar-refractivity contribution in [3.05, 3.63) is 88.5 Å². The fourth-order valence-electron chi connectivity index (χ4n) is 2.91. The summed E-state index contributed by atoms with van der Waals surface area (Å²) >= 11 is 0. The predicted octanol–water partition coefficient (Wildman–Crippen LogP) is 4.02. The van der Waals surface area contributed by atoms with Crippen molar-refractivity contribution in [2.75, 3.05) is 0 Å². The number of rotatable bonds is 4. The Labute approximate surface area is 152 Å². The molecule has 0 saturated carbocycles. The number of ketones is 1. The van der Waals surface area contributed by atoms with E-state index in [2.05, 4.69) is 0 Å². The van der Waals surface area contributed by atoms with Crippen LogP contribution in [-0.2, 0) is 10.0 Å². The first-order valence-electron chi connectivity index (χ1n) is 8.03. The molecule has 3 rings (SSSR count). The van der Waals surface area contributed by atoms with Gasteiger partial charge in [-0.05, 0) is 68.8 Å². The molecular formula is C20H18FNO3S. The highest BCUT2D eigenvalue weighted by molar-refractivity contribution is 7.90. The highest BCUT2D eigenvalue weighted by atomic mass is 32.2. The number of aromatic nitrogens is 1. The summed E-state index contributed by atoms with van der Waals surface area (Å²) in [5.41, 5.74) is 2.22. The zero-order valence-corrected chi connectivity index (χ0v) is 15.5. The first kappa shape index (κ1) is 18.1. The van der Waals surface area contributed by atoms with E-state index in [-0.39, 0.29) is 16.2 Å². The Kier molecular flexibility index (Phi) is 4.54. The zero-order valence-electron chi connectivity index (χ0n) is 14.7. The Balaban J connectivity index is 2.19. The van der Waals surface area contributed by atoms with Crippen molar-refractivity contribution in [3.63, 3.8) is 0 Å². The van der Waals surface area contributed by atoms with Gasteiger partial charge < -0.3 is 0 Å². The Bertz CT molecular complexity index is 1080. The normalized spacial score (nSPS) is 11.5. The molecule has 0 radical (unpaired) electrons. The van der Waals surface area contributed by atoms with E-state index in [1.54, 1.807) is 32.0 Å². The van der Waals surface area contributed by atoms with Gasteiger partial charge in [0.05, 0.1) is 4.90 Å². The van der Waals surface area contributed by atoms with E-state index >= 15 is 0 Å². The Morgan fingerprint density at radius 1 is 0.923 bits per heavy atom. The van der Waals surface area contributed by atoms with Crippen LogP contribution in [0.1, 0.15) is 32.9 Å². The van der Waals surface area contributed by atoms with Gasteiger partial charge in [-0.15, -0.1) is 0 Å². The van der Waals surface area contributed by atoms with E-state index in [0.717, 1.165) is 9.54 Å². The largest absolute Gasteiger partial charge is 0.287 e. The molecule has 0 fully saturated rings. The van der Waals surface area contributed by atoms with Crippen molar-refractivity contribution in [3.8, 4) is 0 Å². The summed E-state index contributed by atoms with van der Waals surface area (Å²) in [5, 5.41) is 0. The Hall–Kier alpha value is -2.73. The molecule has 26 heavy (non-hydrogen) atoms. The maximum absolute atomic E-state index is 13.1.